The highest BCUT2D eigenvalue weighted by Crippen LogP contribution is 2.39. The quantitative estimate of drug-likeness (QED) is 0.312. The number of carbonyl (C=O) groups excluding carboxylic acids is 2. The fourth-order valence-electron chi connectivity index (χ4n) is 6.30. The van der Waals surface area contributed by atoms with Crippen LogP contribution in [0.25, 0.3) is 16.6 Å². The zero-order valence-corrected chi connectivity index (χ0v) is 23.0. The van der Waals surface area contributed by atoms with E-state index in [1.54, 1.807) is 18.1 Å². The molecule has 6 rings (SSSR count). The van der Waals surface area contributed by atoms with Gasteiger partial charge in [0, 0.05) is 30.4 Å². The number of nitrogens with one attached hydrogen (secondary N) is 1. The van der Waals surface area contributed by atoms with Gasteiger partial charge >= 0.3 is 0 Å². The monoisotopic (exact) mass is 542 g/mol. The van der Waals surface area contributed by atoms with Crippen LogP contribution >= 0.6 is 0 Å². The van der Waals surface area contributed by atoms with Gasteiger partial charge in [0.05, 0.1) is 24.9 Å². The van der Waals surface area contributed by atoms with Crippen molar-refractivity contribution in [1.82, 2.24) is 19.4 Å². The molecule has 0 spiro atoms. The summed E-state index contributed by atoms with van der Waals surface area (Å²) < 4.78 is 23.6. The highest BCUT2D eigenvalue weighted by Gasteiger charge is 2.49. The van der Waals surface area contributed by atoms with Crippen molar-refractivity contribution >= 4 is 22.7 Å². The number of carbonyl (C=O) groups is 2. The van der Waals surface area contributed by atoms with Crippen molar-refractivity contribution in [3.8, 4) is 11.4 Å². The van der Waals surface area contributed by atoms with Crippen LogP contribution in [0, 0.1) is 5.82 Å². The van der Waals surface area contributed by atoms with Gasteiger partial charge in [-0.05, 0) is 67.8 Å². The first-order valence-corrected chi connectivity index (χ1v) is 14.1. The summed E-state index contributed by atoms with van der Waals surface area (Å²) in [5, 5.41) is 3.95. The zero-order chi connectivity index (χ0) is 27.9. The zero-order valence-electron chi connectivity index (χ0n) is 23.0. The van der Waals surface area contributed by atoms with Crippen molar-refractivity contribution in [2.75, 3.05) is 7.11 Å². The molecule has 1 saturated carbocycles. The van der Waals surface area contributed by atoms with E-state index in [2.05, 4.69) is 5.32 Å². The summed E-state index contributed by atoms with van der Waals surface area (Å²) in [5.41, 5.74) is 1.53. The number of halogens is 1. The molecule has 0 radical (unpaired) electrons. The van der Waals surface area contributed by atoms with Crippen LogP contribution in [-0.2, 0) is 17.9 Å². The summed E-state index contributed by atoms with van der Waals surface area (Å²) in [6, 6.07) is 16.0. The normalized spacial score (nSPS) is 19.9. The van der Waals surface area contributed by atoms with Gasteiger partial charge in [0.25, 0.3) is 5.91 Å². The molecule has 2 aliphatic rings. The molecule has 7 nitrogen and oxygen atoms in total. The van der Waals surface area contributed by atoms with Gasteiger partial charge in [0.15, 0.2) is 0 Å². The molecule has 208 valence electrons. The lowest BCUT2D eigenvalue weighted by molar-refractivity contribution is -0.134. The van der Waals surface area contributed by atoms with Crippen molar-refractivity contribution in [1.29, 1.82) is 0 Å². The Kier molecular flexibility index (Phi) is 6.86. The van der Waals surface area contributed by atoms with Crippen molar-refractivity contribution in [3.63, 3.8) is 0 Å². The van der Waals surface area contributed by atoms with Gasteiger partial charge in [0.2, 0.25) is 5.91 Å². The average molecular weight is 543 g/mol. The second kappa shape index (κ2) is 10.5. The number of ether oxygens (including phenoxy) is 1. The Bertz CT molecular complexity index is 1530. The lowest BCUT2D eigenvalue weighted by atomic mass is 9.92. The maximum absolute atomic E-state index is 14.6. The summed E-state index contributed by atoms with van der Waals surface area (Å²) in [6.45, 7) is 2.36. The minimum absolute atomic E-state index is 0.0945. The third-order valence-corrected chi connectivity index (χ3v) is 8.55. The number of benzene rings is 2. The number of fused-ring (bicyclic) bond motifs is 3. The molecule has 1 aliphatic carbocycles. The van der Waals surface area contributed by atoms with Gasteiger partial charge in [-0.25, -0.2) is 4.39 Å². The summed E-state index contributed by atoms with van der Waals surface area (Å²) in [6.07, 6.45) is 10.2. The topological polar surface area (TPSA) is 68.5 Å². The predicted molar refractivity (Wildman–Crippen MR) is 152 cm³/mol. The largest absolute Gasteiger partial charge is 0.497 e. The molecule has 3 heterocycles. The molecule has 0 saturated heterocycles. The van der Waals surface area contributed by atoms with E-state index in [-0.39, 0.29) is 36.8 Å². The highest BCUT2D eigenvalue weighted by molar-refractivity contribution is 6.09. The smallest absolute Gasteiger partial charge is 0.273 e. The predicted octanol–water partition coefficient (Wildman–Crippen LogP) is 5.83. The van der Waals surface area contributed by atoms with E-state index in [1.165, 1.54) is 25.0 Å². The fraction of sp³-hybridized carbons (Fsp3) is 0.375. The molecule has 2 aromatic carbocycles. The van der Waals surface area contributed by atoms with Gasteiger partial charge in [-0.3, -0.25) is 9.59 Å². The molecule has 8 heteroatoms. The second-order valence-corrected chi connectivity index (χ2v) is 11.2. The first-order chi connectivity index (χ1) is 19.4. The van der Waals surface area contributed by atoms with Crippen molar-refractivity contribution in [2.24, 2.45) is 0 Å². The van der Waals surface area contributed by atoms with Gasteiger partial charge < -0.3 is 24.1 Å². The lowest BCUT2D eigenvalue weighted by Crippen LogP contribution is -2.64. The SMILES string of the molecule is COc1ccc(CN2C(=O)c3c(-n4cccc4)c4cc(F)ccc4n3C[C@]2(C)C(=O)NC2CCCCCC2)cc1. The minimum atomic E-state index is -1.16. The van der Waals surface area contributed by atoms with Gasteiger partial charge in [-0.1, -0.05) is 37.8 Å². The standard InChI is InChI=1S/C32H35FN4O3/c1-32(31(39)34-24-9-5-3-4-6-10-24)21-36-27-16-13-23(33)19-26(27)28(35-17-7-8-18-35)29(36)30(38)37(32)20-22-11-14-25(40-2)15-12-22/h7-8,11-19,24H,3-6,9-10,20-21H2,1-2H3,(H,34,39)/t32-/m1/s1. The number of nitrogens with zero attached hydrogens (tertiary/aromatic N) is 3. The molecule has 0 unspecified atom stereocenters. The molecule has 40 heavy (non-hydrogen) atoms. The Hall–Kier alpha value is -4.07. The van der Waals surface area contributed by atoms with Crippen LogP contribution in [-0.4, -0.2) is 44.5 Å². The molecule has 2 amide bonds. The van der Waals surface area contributed by atoms with E-state index in [0.29, 0.717) is 16.8 Å². The van der Waals surface area contributed by atoms with Crippen LogP contribution in [0.5, 0.6) is 5.75 Å². The Morgan fingerprint density at radius 2 is 1.75 bits per heavy atom. The number of methoxy groups -OCH3 is 1. The Balaban J connectivity index is 1.48. The van der Waals surface area contributed by atoms with E-state index in [4.69, 9.17) is 4.74 Å². The third-order valence-electron chi connectivity index (χ3n) is 8.55. The van der Waals surface area contributed by atoms with Gasteiger partial charge in [-0.15, -0.1) is 0 Å². The van der Waals surface area contributed by atoms with Gasteiger partial charge in [-0.2, -0.15) is 0 Å². The van der Waals surface area contributed by atoms with Crippen LogP contribution < -0.4 is 10.1 Å². The maximum Gasteiger partial charge on any atom is 0.273 e. The second-order valence-electron chi connectivity index (χ2n) is 11.2. The first kappa shape index (κ1) is 26.2. The van der Waals surface area contributed by atoms with E-state index in [1.807, 2.05) is 64.8 Å². The van der Waals surface area contributed by atoms with E-state index < -0.39 is 5.54 Å². The fourth-order valence-corrected chi connectivity index (χ4v) is 6.30. The lowest BCUT2D eigenvalue weighted by Gasteiger charge is -2.45. The summed E-state index contributed by atoms with van der Waals surface area (Å²) in [5.74, 6) is -0.0702. The molecule has 4 aromatic rings. The van der Waals surface area contributed by atoms with Crippen molar-refractivity contribution in [3.05, 3.63) is 84.1 Å². The molecule has 1 N–H and O–H groups in total. The Morgan fingerprint density at radius 3 is 2.42 bits per heavy atom. The number of hydrogen-bond donors (Lipinski definition) is 1. The number of rotatable bonds is 6. The molecule has 1 atom stereocenters. The average Bonchev–Trinajstić information content (AvgIpc) is 3.50. The molecule has 1 aliphatic heterocycles. The summed E-state index contributed by atoms with van der Waals surface area (Å²) in [7, 11) is 1.61. The van der Waals surface area contributed by atoms with E-state index in [0.717, 1.165) is 42.5 Å². The van der Waals surface area contributed by atoms with Crippen LogP contribution in [0.2, 0.25) is 0 Å². The van der Waals surface area contributed by atoms with Crippen LogP contribution in [0.1, 0.15) is 61.5 Å². The van der Waals surface area contributed by atoms with Crippen molar-refractivity contribution in [2.45, 2.75) is 70.1 Å². The highest BCUT2D eigenvalue weighted by atomic mass is 19.1. The summed E-state index contributed by atoms with van der Waals surface area (Å²) in [4.78, 5) is 30.4. The number of hydrogen-bond acceptors (Lipinski definition) is 3. The molecule has 1 fully saturated rings. The minimum Gasteiger partial charge on any atom is -0.497 e. The summed E-state index contributed by atoms with van der Waals surface area (Å²) >= 11 is 0. The molecule has 2 aromatic heterocycles. The van der Waals surface area contributed by atoms with Gasteiger partial charge in [0.1, 0.15) is 22.8 Å². The third kappa shape index (κ3) is 4.55. The first-order valence-electron chi connectivity index (χ1n) is 14.1. The van der Waals surface area contributed by atoms with Crippen LogP contribution in [0.3, 0.4) is 0 Å². The molecular formula is C32H35FN4O3. The number of aromatic nitrogens is 2. The molecular weight excluding hydrogens is 507 g/mol. The Labute approximate surface area is 233 Å². The Morgan fingerprint density at radius 1 is 1.05 bits per heavy atom. The van der Waals surface area contributed by atoms with E-state index in [9.17, 15) is 14.0 Å². The molecule has 0 bridgehead atoms. The number of amides is 2. The van der Waals surface area contributed by atoms with E-state index >= 15 is 0 Å². The van der Waals surface area contributed by atoms with Crippen molar-refractivity contribution < 1.29 is 18.7 Å². The van der Waals surface area contributed by atoms with Crippen LogP contribution in [0.15, 0.2) is 67.0 Å². The van der Waals surface area contributed by atoms with Crippen LogP contribution in [0.4, 0.5) is 4.39 Å². The maximum atomic E-state index is 14.6.